The summed E-state index contributed by atoms with van der Waals surface area (Å²) in [6.07, 6.45) is 3.12. The Kier molecular flexibility index (Phi) is 5.84. The van der Waals surface area contributed by atoms with Gasteiger partial charge in [-0.2, -0.15) is 0 Å². The van der Waals surface area contributed by atoms with Crippen molar-refractivity contribution in [2.45, 2.75) is 6.92 Å². The van der Waals surface area contributed by atoms with E-state index in [0.29, 0.717) is 23.7 Å². The molecule has 3 aromatic rings. The molecule has 0 atom stereocenters. The Morgan fingerprint density at radius 3 is 2.52 bits per heavy atom. The number of para-hydroxylation sites is 1. The Balaban J connectivity index is 1.64. The van der Waals surface area contributed by atoms with Gasteiger partial charge in [-0.15, -0.1) is 0 Å². The van der Waals surface area contributed by atoms with Gasteiger partial charge in [0.1, 0.15) is 11.4 Å². The zero-order valence-corrected chi connectivity index (χ0v) is 14.9. The average molecular weight is 364 g/mol. The number of likely N-dealkylation sites (N-methyl/N-ethyl adjacent to an activating group) is 1. The van der Waals surface area contributed by atoms with Gasteiger partial charge in [-0.05, 0) is 43.3 Å². The van der Waals surface area contributed by atoms with Crippen molar-refractivity contribution in [1.82, 2.24) is 14.9 Å². The molecule has 7 heteroatoms. The first kappa shape index (κ1) is 18.2. The second kappa shape index (κ2) is 8.66. The van der Waals surface area contributed by atoms with Gasteiger partial charge in [-0.3, -0.25) is 14.2 Å². The number of amides is 2. The van der Waals surface area contributed by atoms with Crippen LogP contribution in [0.25, 0.3) is 5.69 Å². The number of hydrogen-bond acceptors (Lipinski definition) is 4. The zero-order chi connectivity index (χ0) is 19.1. The minimum absolute atomic E-state index is 0.0458. The van der Waals surface area contributed by atoms with E-state index in [9.17, 15) is 9.59 Å². The van der Waals surface area contributed by atoms with Crippen molar-refractivity contribution in [3.8, 4) is 11.4 Å². The maximum absolute atomic E-state index is 12.6. The number of nitrogens with zero attached hydrogens (tertiary/aromatic N) is 2. The van der Waals surface area contributed by atoms with Crippen LogP contribution in [-0.2, 0) is 4.79 Å². The van der Waals surface area contributed by atoms with Crippen LogP contribution < -0.4 is 15.4 Å². The van der Waals surface area contributed by atoms with Gasteiger partial charge in [0, 0.05) is 17.9 Å². The molecule has 0 saturated carbocycles. The highest BCUT2D eigenvalue weighted by atomic mass is 16.5. The van der Waals surface area contributed by atoms with E-state index in [-0.39, 0.29) is 18.4 Å². The Bertz CT molecular complexity index is 904. The van der Waals surface area contributed by atoms with Crippen LogP contribution in [0.1, 0.15) is 17.4 Å². The molecule has 0 radical (unpaired) electrons. The molecule has 1 aromatic heterocycles. The van der Waals surface area contributed by atoms with Crippen LogP contribution in [0.15, 0.2) is 67.1 Å². The third-order valence-corrected chi connectivity index (χ3v) is 3.76. The molecule has 27 heavy (non-hydrogen) atoms. The number of carbonyl (C=O) groups is 2. The molecule has 138 valence electrons. The summed E-state index contributed by atoms with van der Waals surface area (Å²) >= 11 is 0. The van der Waals surface area contributed by atoms with Crippen molar-refractivity contribution in [3.63, 3.8) is 0 Å². The van der Waals surface area contributed by atoms with Crippen molar-refractivity contribution in [2.75, 3.05) is 18.5 Å². The number of ether oxygens (including phenoxy) is 1. The third kappa shape index (κ3) is 4.72. The van der Waals surface area contributed by atoms with E-state index >= 15 is 0 Å². The lowest BCUT2D eigenvalue weighted by molar-refractivity contribution is -0.122. The molecular formula is C20H20N4O3. The standard InChI is InChI=1S/C20H20N4O3/c1-2-22-19(25)13-27-17-10-8-15(9-11-17)23-20(26)18-12-21-14-24(18)16-6-4-3-5-7-16/h3-12,14H,2,13H2,1H3,(H,22,25)(H,23,26). The SMILES string of the molecule is CCNC(=O)COc1ccc(NC(=O)c2cncn2-c2ccccc2)cc1. The number of rotatable bonds is 7. The number of carbonyl (C=O) groups excluding carboxylic acids is 2. The lowest BCUT2D eigenvalue weighted by atomic mass is 10.2. The first-order chi connectivity index (χ1) is 13.2. The fourth-order valence-corrected chi connectivity index (χ4v) is 2.48. The van der Waals surface area contributed by atoms with Crippen molar-refractivity contribution in [2.24, 2.45) is 0 Å². The van der Waals surface area contributed by atoms with Crippen LogP contribution in [-0.4, -0.2) is 34.5 Å². The zero-order valence-electron chi connectivity index (χ0n) is 14.9. The third-order valence-electron chi connectivity index (χ3n) is 3.76. The van der Waals surface area contributed by atoms with Gasteiger partial charge in [-0.25, -0.2) is 4.98 Å². The number of anilines is 1. The molecule has 2 N–H and O–H groups in total. The summed E-state index contributed by atoms with van der Waals surface area (Å²) < 4.78 is 7.11. The number of hydrogen-bond donors (Lipinski definition) is 2. The maximum Gasteiger partial charge on any atom is 0.274 e. The Morgan fingerprint density at radius 2 is 1.81 bits per heavy atom. The molecule has 0 aliphatic heterocycles. The van der Waals surface area contributed by atoms with E-state index in [1.807, 2.05) is 37.3 Å². The fourth-order valence-electron chi connectivity index (χ4n) is 2.48. The topological polar surface area (TPSA) is 85.2 Å². The van der Waals surface area contributed by atoms with E-state index in [2.05, 4.69) is 15.6 Å². The Morgan fingerprint density at radius 1 is 1.07 bits per heavy atom. The lowest BCUT2D eigenvalue weighted by Crippen LogP contribution is -2.28. The summed E-state index contributed by atoms with van der Waals surface area (Å²) in [5.41, 5.74) is 1.90. The van der Waals surface area contributed by atoms with E-state index in [0.717, 1.165) is 5.69 Å². The van der Waals surface area contributed by atoms with E-state index in [1.54, 1.807) is 35.2 Å². The van der Waals surface area contributed by atoms with Gasteiger partial charge in [0.25, 0.3) is 11.8 Å². The smallest absolute Gasteiger partial charge is 0.274 e. The molecular weight excluding hydrogens is 344 g/mol. The van der Waals surface area contributed by atoms with E-state index in [4.69, 9.17) is 4.74 Å². The molecule has 0 bridgehead atoms. The largest absolute Gasteiger partial charge is 0.484 e. The van der Waals surface area contributed by atoms with E-state index in [1.165, 1.54) is 6.20 Å². The first-order valence-corrected chi connectivity index (χ1v) is 8.56. The van der Waals surface area contributed by atoms with Crippen LogP contribution in [0, 0.1) is 0 Å². The van der Waals surface area contributed by atoms with Crippen LogP contribution in [0.2, 0.25) is 0 Å². The molecule has 2 amide bonds. The monoisotopic (exact) mass is 364 g/mol. The van der Waals surface area contributed by atoms with Crippen LogP contribution in [0.3, 0.4) is 0 Å². The Hall–Kier alpha value is -3.61. The summed E-state index contributed by atoms with van der Waals surface area (Å²) in [7, 11) is 0. The highest BCUT2D eigenvalue weighted by molar-refractivity contribution is 6.03. The quantitative estimate of drug-likeness (QED) is 0.675. The predicted molar refractivity (Wildman–Crippen MR) is 102 cm³/mol. The molecule has 3 rings (SSSR count). The summed E-state index contributed by atoms with van der Waals surface area (Å²) in [6.45, 7) is 2.36. The van der Waals surface area contributed by atoms with Crippen LogP contribution in [0.5, 0.6) is 5.75 Å². The molecule has 0 unspecified atom stereocenters. The normalized spacial score (nSPS) is 10.3. The molecule has 1 heterocycles. The van der Waals surface area contributed by atoms with Crippen LogP contribution in [0.4, 0.5) is 5.69 Å². The number of imidazole rings is 1. The summed E-state index contributed by atoms with van der Waals surface area (Å²) in [4.78, 5) is 28.1. The summed E-state index contributed by atoms with van der Waals surface area (Å²) in [5, 5.41) is 5.49. The van der Waals surface area contributed by atoms with Crippen molar-refractivity contribution in [3.05, 3.63) is 72.8 Å². The van der Waals surface area contributed by atoms with E-state index < -0.39 is 0 Å². The highest BCUT2D eigenvalue weighted by Gasteiger charge is 2.13. The molecule has 2 aromatic carbocycles. The number of benzene rings is 2. The maximum atomic E-state index is 12.6. The minimum Gasteiger partial charge on any atom is -0.484 e. The molecule has 7 nitrogen and oxygen atoms in total. The molecule has 0 saturated heterocycles. The second-order valence-corrected chi connectivity index (χ2v) is 5.71. The Labute approximate surface area is 157 Å². The molecule has 0 spiro atoms. The van der Waals surface area contributed by atoms with Gasteiger partial charge in [0.15, 0.2) is 6.61 Å². The predicted octanol–water partition coefficient (Wildman–Crippen LogP) is 2.64. The molecule has 0 aliphatic rings. The highest BCUT2D eigenvalue weighted by Crippen LogP contribution is 2.17. The number of nitrogens with one attached hydrogen (secondary N) is 2. The summed E-state index contributed by atoms with van der Waals surface area (Å²) in [5.74, 6) is 0.102. The fraction of sp³-hybridized carbons (Fsp3) is 0.150. The lowest BCUT2D eigenvalue weighted by Gasteiger charge is -2.10. The summed E-state index contributed by atoms with van der Waals surface area (Å²) in [6, 6.07) is 16.3. The van der Waals surface area contributed by atoms with Gasteiger partial charge in [0.2, 0.25) is 0 Å². The second-order valence-electron chi connectivity index (χ2n) is 5.71. The van der Waals surface area contributed by atoms with Crippen molar-refractivity contribution < 1.29 is 14.3 Å². The van der Waals surface area contributed by atoms with Crippen LogP contribution >= 0.6 is 0 Å². The number of aromatic nitrogens is 2. The van der Waals surface area contributed by atoms with Gasteiger partial charge < -0.3 is 15.4 Å². The van der Waals surface area contributed by atoms with Gasteiger partial charge >= 0.3 is 0 Å². The van der Waals surface area contributed by atoms with Gasteiger partial charge in [-0.1, -0.05) is 18.2 Å². The molecule has 0 fully saturated rings. The molecule has 0 aliphatic carbocycles. The van der Waals surface area contributed by atoms with Crippen molar-refractivity contribution >= 4 is 17.5 Å². The van der Waals surface area contributed by atoms with Crippen molar-refractivity contribution in [1.29, 1.82) is 0 Å². The average Bonchev–Trinajstić information content (AvgIpc) is 3.18. The first-order valence-electron chi connectivity index (χ1n) is 8.56. The van der Waals surface area contributed by atoms with Gasteiger partial charge in [0.05, 0.1) is 12.5 Å². The minimum atomic E-state index is -0.271.